The summed E-state index contributed by atoms with van der Waals surface area (Å²) in [4.78, 5) is 0.0190. The van der Waals surface area contributed by atoms with Gasteiger partial charge in [-0.3, -0.25) is 0 Å². The highest BCUT2D eigenvalue weighted by Crippen LogP contribution is 2.37. The van der Waals surface area contributed by atoms with Gasteiger partial charge in [-0.05, 0) is 46.5 Å². The van der Waals surface area contributed by atoms with Gasteiger partial charge in [0.1, 0.15) is 5.82 Å². The number of thiophene rings is 1. The van der Waals surface area contributed by atoms with Gasteiger partial charge >= 0.3 is 0 Å². The third-order valence-electron chi connectivity index (χ3n) is 2.39. The highest BCUT2D eigenvalue weighted by molar-refractivity contribution is 9.09. The van der Waals surface area contributed by atoms with Crippen molar-refractivity contribution in [1.29, 1.82) is 0 Å². The molecule has 1 aromatic heterocycles. The monoisotopic (exact) mass is 318 g/mol. The standard InChI is InChI=1S/C12H9BrClFS/c1-7-4-9(10(14)5-11(7)15)12(13)8-2-3-16-6-8/h2-6,12H,1H3. The minimum atomic E-state index is -0.265. The van der Waals surface area contributed by atoms with E-state index in [9.17, 15) is 4.39 Å². The lowest BCUT2D eigenvalue weighted by Crippen LogP contribution is -1.95. The number of aryl methyl sites for hydroxylation is 1. The fraction of sp³-hybridized carbons (Fsp3) is 0.167. The quantitative estimate of drug-likeness (QED) is 0.656. The van der Waals surface area contributed by atoms with E-state index in [1.165, 1.54) is 6.07 Å². The number of hydrogen-bond donors (Lipinski definition) is 0. The summed E-state index contributed by atoms with van der Waals surface area (Å²) >= 11 is 11.3. The van der Waals surface area contributed by atoms with Crippen LogP contribution in [0.1, 0.15) is 21.5 Å². The molecule has 84 valence electrons. The molecule has 0 bridgehead atoms. The first-order chi connectivity index (χ1) is 7.59. The van der Waals surface area contributed by atoms with Gasteiger partial charge in [0, 0.05) is 5.02 Å². The van der Waals surface area contributed by atoms with Gasteiger partial charge in [-0.2, -0.15) is 11.3 Å². The highest BCUT2D eigenvalue weighted by Gasteiger charge is 2.15. The fourth-order valence-corrected chi connectivity index (χ4v) is 3.39. The first-order valence-corrected chi connectivity index (χ1v) is 6.95. The van der Waals surface area contributed by atoms with Crippen LogP contribution in [0.5, 0.6) is 0 Å². The normalized spacial score (nSPS) is 12.8. The van der Waals surface area contributed by atoms with Gasteiger partial charge in [0.25, 0.3) is 0 Å². The Bertz CT molecular complexity index is 496. The second-order valence-electron chi connectivity index (χ2n) is 3.54. The third-order valence-corrected chi connectivity index (χ3v) is 4.44. The van der Waals surface area contributed by atoms with E-state index in [0.717, 1.165) is 11.1 Å². The lowest BCUT2D eigenvalue weighted by molar-refractivity contribution is 0.618. The summed E-state index contributed by atoms with van der Waals surface area (Å²) in [6.07, 6.45) is 0. The molecule has 1 unspecified atom stereocenters. The van der Waals surface area contributed by atoms with Crippen LogP contribution in [0.2, 0.25) is 5.02 Å². The topological polar surface area (TPSA) is 0 Å². The van der Waals surface area contributed by atoms with Gasteiger partial charge in [-0.25, -0.2) is 4.39 Å². The van der Waals surface area contributed by atoms with E-state index >= 15 is 0 Å². The molecule has 2 rings (SSSR count). The van der Waals surface area contributed by atoms with E-state index in [1.54, 1.807) is 24.3 Å². The average Bonchev–Trinajstić information content (AvgIpc) is 2.75. The van der Waals surface area contributed by atoms with Crippen molar-refractivity contribution in [2.75, 3.05) is 0 Å². The maximum absolute atomic E-state index is 13.3. The zero-order chi connectivity index (χ0) is 11.7. The van der Waals surface area contributed by atoms with E-state index in [1.807, 2.05) is 11.4 Å². The second-order valence-corrected chi connectivity index (χ2v) is 5.65. The Morgan fingerprint density at radius 3 is 2.81 bits per heavy atom. The molecular formula is C12H9BrClFS. The molecule has 2 aromatic rings. The summed E-state index contributed by atoms with van der Waals surface area (Å²) in [6.45, 7) is 1.74. The molecule has 0 nitrogen and oxygen atoms in total. The molecule has 16 heavy (non-hydrogen) atoms. The van der Waals surface area contributed by atoms with Crippen LogP contribution < -0.4 is 0 Å². The Morgan fingerprint density at radius 1 is 1.44 bits per heavy atom. The molecule has 0 aliphatic rings. The van der Waals surface area contributed by atoms with Gasteiger partial charge in [-0.1, -0.05) is 33.6 Å². The Labute approximate surface area is 111 Å². The number of benzene rings is 1. The van der Waals surface area contributed by atoms with Crippen molar-refractivity contribution in [2.45, 2.75) is 11.8 Å². The van der Waals surface area contributed by atoms with Crippen LogP contribution in [-0.4, -0.2) is 0 Å². The Morgan fingerprint density at radius 2 is 2.19 bits per heavy atom. The first kappa shape index (κ1) is 12.1. The molecule has 0 N–H and O–H groups in total. The fourth-order valence-electron chi connectivity index (χ4n) is 1.47. The van der Waals surface area contributed by atoms with Gasteiger partial charge in [0.05, 0.1) is 4.83 Å². The summed E-state index contributed by atoms with van der Waals surface area (Å²) < 4.78 is 13.3. The van der Waals surface area contributed by atoms with Crippen LogP contribution in [0.15, 0.2) is 29.0 Å². The number of alkyl halides is 1. The molecule has 1 atom stereocenters. The molecule has 1 heterocycles. The zero-order valence-corrected chi connectivity index (χ0v) is 11.7. The molecule has 0 aliphatic carbocycles. The van der Waals surface area contributed by atoms with Crippen molar-refractivity contribution in [2.24, 2.45) is 0 Å². The van der Waals surface area contributed by atoms with Crippen molar-refractivity contribution >= 4 is 38.9 Å². The zero-order valence-electron chi connectivity index (χ0n) is 8.51. The van der Waals surface area contributed by atoms with E-state index < -0.39 is 0 Å². The number of rotatable bonds is 2. The highest BCUT2D eigenvalue weighted by atomic mass is 79.9. The van der Waals surface area contributed by atoms with E-state index in [4.69, 9.17) is 11.6 Å². The van der Waals surface area contributed by atoms with Crippen molar-refractivity contribution in [3.63, 3.8) is 0 Å². The molecule has 0 aliphatic heterocycles. The minimum absolute atomic E-state index is 0.0190. The van der Waals surface area contributed by atoms with Crippen LogP contribution in [-0.2, 0) is 0 Å². The molecule has 0 saturated carbocycles. The van der Waals surface area contributed by atoms with Crippen molar-refractivity contribution in [1.82, 2.24) is 0 Å². The Balaban J connectivity index is 2.44. The minimum Gasteiger partial charge on any atom is -0.207 e. The average molecular weight is 320 g/mol. The molecule has 0 amide bonds. The van der Waals surface area contributed by atoms with E-state index in [-0.39, 0.29) is 10.6 Å². The van der Waals surface area contributed by atoms with Crippen LogP contribution in [0.3, 0.4) is 0 Å². The van der Waals surface area contributed by atoms with Crippen LogP contribution in [0.25, 0.3) is 0 Å². The maximum atomic E-state index is 13.3. The largest absolute Gasteiger partial charge is 0.207 e. The predicted molar refractivity (Wildman–Crippen MR) is 71.2 cm³/mol. The molecule has 0 fully saturated rings. The molecule has 0 radical (unpaired) electrons. The predicted octanol–water partition coefficient (Wildman–Crippen LogP) is 5.33. The number of halogens is 3. The van der Waals surface area contributed by atoms with Gasteiger partial charge in [-0.15, -0.1) is 0 Å². The third kappa shape index (κ3) is 2.31. The summed E-state index contributed by atoms with van der Waals surface area (Å²) in [5, 5.41) is 4.51. The van der Waals surface area contributed by atoms with Gasteiger partial charge in [0.2, 0.25) is 0 Å². The summed E-state index contributed by atoms with van der Waals surface area (Å²) in [5.74, 6) is -0.265. The molecule has 4 heteroatoms. The lowest BCUT2D eigenvalue weighted by atomic mass is 10.0. The Hall–Kier alpha value is -0.380. The SMILES string of the molecule is Cc1cc(C(Br)c2ccsc2)c(Cl)cc1F. The van der Waals surface area contributed by atoms with E-state index in [2.05, 4.69) is 21.3 Å². The Kier molecular flexibility index (Phi) is 3.67. The summed E-state index contributed by atoms with van der Waals surface area (Å²) in [7, 11) is 0. The van der Waals surface area contributed by atoms with Crippen molar-refractivity contribution in [3.05, 3.63) is 56.5 Å². The van der Waals surface area contributed by atoms with Crippen molar-refractivity contribution < 1.29 is 4.39 Å². The summed E-state index contributed by atoms with van der Waals surface area (Å²) in [6, 6.07) is 5.18. The van der Waals surface area contributed by atoms with E-state index in [0.29, 0.717) is 10.6 Å². The molecular weight excluding hydrogens is 311 g/mol. The maximum Gasteiger partial charge on any atom is 0.127 e. The van der Waals surface area contributed by atoms with Crippen LogP contribution >= 0.6 is 38.9 Å². The van der Waals surface area contributed by atoms with Crippen molar-refractivity contribution in [3.8, 4) is 0 Å². The van der Waals surface area contributed by atoms with Gasteiger partial charge in [0.15, 0.2) is 0 Å². The molecule has 0 spiro atoms. The van der Waals surface area contributed by atoms with Crippen LogP contribution in [0.4, 0.5) is 4.39 Å². The summed E-state index contributed by atoms with van der Waals surface area (Å²) in [5.41, 5.74) is 2.65. The molecule has 1 aromatic carbocycles. The lowest BCUT2D eigenvalue weighted by Gasteiger charge is -2.12. The van der Waals surface area contributed by atoms with Crippen LogP contribution in [0, 0.1) is 12.7 Å². The first-order valence-electron chi connectivity index (χ1n) is 4.71. The smallest absolute Gasteiger partial charge is 0.127 e. The molecule has 0 saturated heterocycles. The second kappa shape index (κ2) is 4.86. The van der Waals surface area contributed by atoms with Gasteiger partial charge < -0.3 is 0 Å². The number of hydrogen-bond acceptors (Lipinski definition) is 1.